The second kappa shape index (κ2) is 7.40. The van der Waals surface area contributed by atoms with Gasteiger partial charge in [-0.3, -0.25) is 4.79 Å². The molecule has 152 valence electrons. The number of carbonyl (C=O) groups excluding carboxylic acids is 1. The Hall–Kier alpha value is -2.49. The van der Waals surface area contributed by atoms with Crippen molar-refractivity contribution in [2.75, 3.05) is 26.2 Å². The molecule has 4 rings (SSSR count). The molecule has 0 radical (unpaired) electrons. The molecule has 0 saturated carbocycles. The summed E-state index contributed by atoms with van der Waals surface area (Å²) >= 11 is 5.71. The van der Waals surface area contributed by atoms with Gasteiger partial charge in [0.1, 0.15) is 17.2 Å². The molecule has 0 unspecified atom stereocenters. The SMILES string of the molecule is Cc1ccn2cc(C(=O)N3CCN(S(=O)(=O)c4ccc(F)c(Cl)c4)CC3)nc2c1. The van der Waals surface area contributed by atoms with Crippen molar-refractivity contribution in [1.82, 2.24) is 18.6 Å². The highest BCUT2D eigenvalue weighted by Gasteiger charge is 2.31. The zero-order valence-electron chi connectivity index (χ0n) is 15.5. The summed E-state index contributed by atoms with van der Waals surface area (Å²) in [5.41, 5.74) is 2.04. The van der Waals surface area contributed by atoms with E-state index in [1.807, 2.05) is 25.3 Å². The molecule has 1 fully saturated rings. The molecule has 1 aliphatic heterocycles. The standard InChI is InChI=1S/C19H18ClFN4O3S/c1-13-4-5-24-12-17(22-18(24)10-13)19(26)23-6-8-25(9-7-23)29(27,28)14-2-3-16(21)15(20)11-14/h2-5,10-12H,6-9H2,1H3. The van der Waals surface area contributed by atoms with Crippen LogP contribution in [0.15, 0.2) is 47.6 Å². The lowest BCUT2D eigenvalue weighted by atomic mass is 10.3. The normalized spacial score (nSPS) is 15.8. The van der Waals surface area contributed by atoms with Gasteiger partial charge in [-0.05, 0) is 42.8 Å². The molecule has 0 aliphatic carbocycles. The number of nitrogens with zero attached hydrogens (tertiary/aromatic N) is 4. The van der Waals surface area contributed by atoms with Crippen molar-refractivity contribution in [2.24, 2.45) is 0 Å². The van der Waals surface area contributed by atoms with Gasteiger partial charge < -0.3 is 9.30 Å². The topological polar surface area (TPSA) is 75.0 Å². The fourth-order valence-corrected chi connectivity index (χ4v) is 4.96. The number of carbonyl (C=O) groups is 1. The van der Waals surface area contributed by atoms with Crippen molar-refractivity contribution in [3.05, 3.63) is 64.8 Å². The predicted molar refractivity (Wildman–Crippen MR) is 106 cm³/mol. The second-order valence-electron chi connectivity index (χ2n) is 6.87. The number of pyridine rings is 1. The molecule has 7 nitrogen and oxygen atoms in total. The minimum atomic E-state index is -3.82. The van der Waals surface area contributed by atoms with Crippen LogP contribution in [-0.4, -0.2) is 59.1 Å². The lowest BCUT2D eigenvalue weighted by Crippen LogP contribution is -2.50. The van der Waals surface area contributed by atoms with E-state index in [-0.39, 0.29) is 42.0 Å². The fourth-order valence-electron chi connectivity index (χ4n) is 3.27. The monoisotopic (exact) mass is 436 g/mol. The molecule has 1 amide bonds. The van der Waals surface area contributed by atoms with Crippen LogP contribution in [0.4, 0.5) is 4.39 Å². The first-order valence-corrected chi connectivity index (χ1v) is 10.8. The quantitative estimate of drug-likeness (QED) is 0.632. The van der Waals surface area contributed by atoms with E-state index in [1.54, 1.807) is 15.5 Å². The van der Waals surface area contributed by atoms with Crippen molar-refractivity contribution in [3.8, 4) is 0 Å². The Kier molecular flexibility index (Phi) is 5.05. The van der Waals surface area contributed by atoms with Crippen molar-refractivity contribution < 1.29 is 17.6 Å². The van der Waals surface area contributed by atoms with Crippen molar-refractivity contribution in [2.45, 2.75) is 11.8 Å². The third-order valence-electron chi connectivity index (χ3n) is 4.89. The molecule has 3 aromatic rings. The number of fused-ring (bicyclic) bond motifs is 1. The average molecular weight is 437 g/mol. The zero-order chi connectivity index (χ0) is 20.8. The van der Waals surface area contributed by atoms with Crippen LogP contribution < -0.4 is 0 Å². The van der Waals surface area contributed by atoms with E-state index in [4.69, 9.17) is 11.6 Å². The molecule has 0 atom stereocenters. The Morgan fingerprint density at radius 3 is 2.55 bits per heavy atom. The van der Waals surface area contributed by atoms with E-state index < -0.39 is 15.8 Å². The van der Waals surface area contributed by atoms with E-state index in [1.165, 1.54) is 10.4 Å². The smallest absolute Gasteiger partial charge is 0.274 e. The van der Waals surface area contributed by atoms with Gasteiger partial charge in [0, 0.05) is 38.6 Å². The third kappa shape index (κ3) is 3.73. The number of aryl methyl sites for hydroxylation is 1. The number of hydrogen-bond acceptors (Lipinski definition) is 4. The van der Waals surface area contributed by atoms with Gasteiger partial charge in [-0.2, -0.15) is 4.31 Å². The van der Waals surface area contributed by atoms with E-state index in [0.29, 0.717) is 11.3 Å². The molecule has 0 N–H and O–H groups in total. The molecule has 0 bridgehead atoms. The second-order valence-corrected chi connectivity index (χ2v) is 9.21. The van der Waals surface area contributed by atoms with Gasteiger partial charge in [0.25, 0.3) is 5.91 Å². The lowest BCUT2D eigenvalue weighted by Gasteiger charge is -2.33. The summed E-state index contributed by atoms with van der Waals surface area (Å²) in [5, 5.41) is -0.248. The highest BCUT2D eigenvalue weighted by atomic mass is 35.5. The number of benzene rings is 1. The molecular weight excluding hydrogens is 419 g/mol. The average Bonchev–Trinajstić information content (AvgIpc) is 3.12. The van der Waals surface area contributed by atoms with Gasteiger partial charge >= 0.3 is 0 Å². The molecule has 1 aliphatic rings. The molecule has 1 saturated heterocycles. The molecule has 0 spiro atoms. The molecule has 2 aromatic heterocycles. The fraction of sp³-hybridized carbons (Fsp3) is 0.263. The Labute approximate surface area is 172 Å². The minimum Gasteiger partial charge on any atom is -0.335 e. The number of halogens is 2. The van der Waals surface area contributed by atoms with Crippen LogP contribution in [0.3, 0.4) is 0 Å². The van der Waals surface area contributed by atoms with Crippen molar-refractivity contribution in [1.29, 1.82) is 0 Å². The maximum Gasteiger partial charge on any atom is 0.274 e. The van der Waals surface area contributed by atoms with E-state index in [0.717, 1.165) is 17.7 Å². The molecule has 1 aromatic carbocycles. The van der Waals surface area contributed by atoms with Crippen molar-refractivity contribution >= 4 is 33.2 Å². The minimum absolute atomic E-state index is 0.0700. The van der Waals surface area contributed by atoms with Crippen LogP contribution in [0.1, 0.15) is 16.1 Å². The maximum absolute atomic E-state index is 13.3. The molecule has 3 heterocycles. The Morgan fingerprint density at radius 1 is 1.14 bits per heavy atom. The van der Waals surface area contributed by atoms with Gasteiger partial charge in [-0.25, -0.2) is 17.8 Å². The maximum atomic E-state index is 13.3. The number of aromatic nitrogens is 2. The summed E-state index contributed by atoms with van der Waals surface area (Å²) in [7, 11) is -3.82. The Balaban J connectivity index is 1.48. The summed E-state index contributed by atoms with van der Waals surface area (Å²) in [6.07, 6.45) is 3.51. The first-order chi connectivity index (χ1) is 13.8. The van der Waals surface area contributed by atoms with Crippen LogP contribution in [0.2, 0.25) is 5.02 Å². The largest absolute Gasteiger partial charge is 0.335 e. The summed E-state index contributed by atoms with van der Waals surface area (Å²) in [4.78, 5) is 18.7. The highest BCUT2D eigenvalue weighted by Crippen LogP contribution is 2.23. The molecular formula is C19H18ClFN4O3S. The van der Waals surface area contributed by atoms with E-state index >= 15 is 0 Å². The third-order valence-corrected chi connectivity index (χ3v) is 7.07. The number of sulfonamides is 1. The van der Waals surface area contributed by atoms with Gasteiger partial charge in [-0.1, -0.05) is 11.6 Å². The van der Waals surface area contributed by atoms with E-state index in [2.05, 4.69) is 4.98 Å². The summed E-state index contributed by atoms with van der Waals surface area (Å²) in [6.45, 7) is 2.69. The Bertz CT molecular complexity index is 1200. The predicted octanol–water partition coefficient (Wildman–Crippen LogP) is 2.58. The lowest BCUT2D eigenvalue weighted by molar-refractivity contribution is 0.0692. The molecule has 10 heteroatoms. The number of imidazole rings is 1. The van der Waals surface area contributed by atoms with Gasteiger partial charge in [0.05, 0.1) is 9.92 Å². The zero-order valence-corrected chi connectivity index (χ0v) is 17.1. The number of rotatable bonds is 3. The number of hydrogen-bond donors (Lipinski definition) is 0. The van der Waals surface area contributed by atoms with Crippen molar-refractivity contribution in [3.63, 3.8) is 0 Å². The molecule has 29 heavy (non-hydrogen) atoms. The van der Waals surface area contributed by atoms with Crippen LogP contribution in [0.25, 0.3) is 5.65 Å². The highest BCUT2D eigenvalue weighted by molar-refractivity contribution is 7.89. The van der Waals surface area contributed by atoms with Gasteiger partial charge in [0.15, 0.2) is 0 Å². The Morgan fingerprint density at radius 2 is 1.86 bits per heavy atom. The van der Waals surface area contributed by atoms with E-state index in [9.17, 15) is 17.6 Å². The van der Waals surface area contributed by atoms with Crippen LogP contribution >= 0.6 is 11.6 Å². The van der Waals surface area contributed by atoms with Gasteiger partial charge in [0.2, 0.25) is 10.0 Å². The summed E-state index contributed by atoms with van der Waals surface area (Å²) in [5.74, 6) is -0.920. The number of amides is 1. The summed E-state index contributed by atoms with van der Waals surface area (Å²) < 4.78 is 41.9. The van der Waals surface area contributed by atoms with Gasteiger partial charge in [-0.15, -0.1) is 0 Å². The first-order valence-electron chi connectivity index (χ1n) is 8.95. The van der Waals surface area contributed by atoms with Crippen LogP contribution in [0, 0.1) is 12.7 Å². The van der Waals surface area contributed by atoms with Crippen LogP contribution in [0.5, 0.6) is 0 Å². The summed E-state index contributed by atoms with van der Waals surface area (Å²) in [6, 6.07) is 7.12. The number of piperazine rings is 1. The van der Waals surface area contributed by atoms with Crippen LogP contribution in [-0.2, 0) is 10.0 Å². The first kappa shape index (κ1) is 19.8.